The third kappa shape index (κ3) is 1.46. The van der Waals surface area contributed by atoms with Gasteiger partial charge in [0, 0.05) is 10.9 Å². The molecule has 0 saturated heterocycles. The molecule has 0 bridgehead atoms. The van der Waals surface area contributed by atoms with E-state index in [0.717, 1.165) is 21.3 Å². The van der Waals surface area contributed by atoms with Crippen molar-refractivity contribution in [2.24, 2.45) is 0 Å². The summed E-state index contributed by atoms with van der Waals surface area (Å²) < 4.78 is 0. The zero-order chi connectivity index (χ0) is 11.0. The van der Waals surface area contributed by atoms with E-state index in [1.54, 1.807) is 11.3 Å². The van der Waals surface area contributed by atoms with Gasteiger partial charge in [-0.3, -0.25) is 4.79 Å². The summed E-state index contributed by atoms with van der Waals surface area (Å²) >= 11 is 1.55. The van der Waals surface area contributed by atoms with E-state index in [-0.39, 0.29) is 5.56 Å². The summed E-state index contributed by atoms with van der Waals surface area (Å²) in [5, 5.41) is 3.07. The van der Waals surface area contributed by atoms with Gasteiger partial charge in [-0.25, -0.2) is 0 Å². The van der Waals surface area contributed by atoms with Crippen molar-refractivity contribution >= 4 is 21.6 Å². The first-order valence-electron chi connectivity index (χ1n) is 5.00. The van der Waals surface area contributed by atoms with E-state index in [1.165, 1.54) is 0 Å². The SMILES string of the molecule is O=c1[nH]c2sccc2cc1-c1ccccc1. The lowest BCUT2D eigenvalue weighted by molar-refractivity contribution is 1.33. The van der Waals surface area contributed by atoms with Gasteiger partial charge in [-0.15, -0.1) is 11.3 Å². The van der Waals surface area contributed by atoms with Crippen molar-refractivity contribution in [1.82, 2.24) is 4.98 Å². The molecule has 0 radical (unpaired) electrons. The molecule has 1 N–H and O–H groups in total. The largest absolute Gasteiger partial charge is 0.313 e. The molecule has 2 aromatic heterocycles. The standard InChI is InChI=1S/C13H9NOS/c15-12-11(9-4-2-1-3-5-9)8-10-6-7-16-13(10)14-12/h1-8H,(H,14,15). The molecular weight excluding hydrogens is 218 g/mol. The Labute approximate surface area is 96.2 Å². The highest BCUT2D eigenvalue weighted by atomic mass is 32.1. The second kappa shape index (κ2) is 3.61. The highest BCUT2D eigenvalue weighted by Crippen LogP contribution is 2.22. The number of fused-ring (bicyclic) bond motifs is 1. The smallest absolute Gasteiger partial charge is 0.256 e. The van der Waals surface area contributed by atoms with Crippen LogP contribution in [-0.4, -0.2) is 4.98 Å². The van der Waals surface area contributed by atoms with Crippen LogP contribution < -0.4 is 5.56 Å². The van der Waals surface area contributed by atoms with Crippen molar-refractivity contribution in [2.45, 2.75) is 0 Å². The molecule has 0 aliphatic heterocycles. The van der Waals surface area contributed by atoms with Crippen LogP contribution in [0.2, 0.25) is 0 Å². The average molecular weight is 227 g/mol. The summed E-state index contributed by atoms with van der Waals surface area (Å²) in [5.74, 6) is 0. The maximum absolute atomic E-state index is 11.9. The molecule has 0 saturated carbocycles. The normalized spacial score (nSPS) is 10.8. The minimum absolute atomic E-state index is 0.0267. The van der Waals surface area contributed by atoms with Crippen LogP contribution in [0.5, 0.6) is 0 Å². The fourth-order valence-corrected chi connectivity index (χ4v) is 2.52. The first-order valence-corrected chi connectivity index (χ1v) is 5.88. The lowest BCUT2D eigenvalue weighted by Crippen LogP contribution is -2.07. The summed E-state index contributed by atoms with van der Waals surface area (Å²) in [7, 11) is 0. The predicted octanol–water partition coefficient (Wildman–Crippen LogP) is 3.26. The average Bonchev–Trinajstić information content (AvgIpc) is 2.76. The van der Waals surface area contributed by atoms with Crippen LogP contribution in [0.15, 0.2) is 52.6 Å². The number of hydrogen-bond acceptors (Lipinski definition) is 2. The zero-order valence-corrected chi connectivity index (χ0v) is 9.25. The van der Waals surface area contributed by atoms with Crippen molar-refractivity contribution in [3.63, 3.8) is 0 Å². The van der Waals surface area contributed by atoms with E-state index < -0.39 is 0 Å². The Morgan fingerprint density at radius 2 is 1.88 bits per heavy atom. The Kier molecular flexibility index (Phi) is 2.11. The summed E-state index contributed by atoms with van der Waals surface area (Å²) in [4.78, 5) is 15.7. The molecular formula is C13H9NOS. The van der Waals surface area contributed by atoms with Gasteiger partial charge in [-0.1, -0.05) is 30.3 Å². The third-order valence-electron chi connectivity index (χ3n) is 2.55. The molecule has 3 rings (SSSR count). The Hall–Kier alpha value is -1.87. The summed E-state index contributed by atoms with van der Waals surface area (Å²) in [6, 6.07) is 13.7. The molecule has 0 fully saturated rings. The third-order valence-corrected chi connectivity index (χ3v) is 3.40. The quantitative estimate of drug-likeness (QED) is 0.680. The van der Waals surface area contributed by atoms with Gasteiger partial charge in [0.25, 0.3) is 5.56 Å². The van der Waals surface area contributed by atoms with Crippen LogP contribution in [0.3, 0.4) is 0 Å². The molecule has 16 heavy (non-hydrogen) atoms. The molecule has 2 nitrogen and oxygen atoms in total. The second-order valence-electron chi connectivity index (χ2n) is 3.58. The minimum Gasteiger partial charge on any atom is -0.313 e. The monoisotopic (exact) mass is 227 g/mol. The molecule has 3 aromatic rings. The highest BCUT2D eigenvalue weighted by Gasteiger charge is 2.05. The second-order valence-corrected chi connectivity index (χ2v) is 4.50. The Balaban J connectivity index is 2.31. The van der Waals surface area contributed by atoms with Gasteiger partial charge in [-0.2, -0.15) is 0 Å². The summed E-state index contributed by atoms with van der Waals surface area (Å²) in [6.45, 7) is 0. The van der Waals surface area contributed by atoms with Crippen LogP contribution in [0.4, 0.5) is 0 Å². The molecule has 2 heterocycles. The van der Waals surface area contributed by atoms with E-state index in [4.69, 9.17) is 0 Å². The van der Waals surface area contributed by atoms with Crippen LogP contribution in [0, 0.1) is 0 Å². The number of rotatable bonds is 1. The van der Waals surface area contributed by atoms with E-state index >= 15 is 0 Å². The van der Waals surface area contributed by atoms with Gasteiger partial charge in [0.15, 0.2) is 0 Å². The molecule has 3 heteroatoms. The Bertz CT molecular complexity index is 682. The fourth-order valence-electron chi connectivity index (χ4n) is 1.76. The van der Waals surface area contributed by atoms with Crippen LogP contribution in [0.25, 0.3) is 21.3 Å². The fraction of sp³-hybridized carbons (Fsp3) is 0. The first kappa shape index (κ1) is 9.36. The first-order chi connectivity index (χ1) is 7.84. The predicted molar refractivity (Wildman–Crippen MR) is 67.9 cm³/mol. The number of aromatic amines is 1. The van der Waals surface area contributed by atoms with Gasteiger partial charge < -0.3 is 4.98 Å². The Morgan fingerprint density at radius 3 is 2.69 bits per heavy atom. The highest BCUT2D eigenvalue weighted by molar-refractivity contribution is 7.16. The van der Waals surface area contributed by atoms with Gasteiger partial charge in [-0.05, 0) is 23.1 Å². The van der Waals surface area contributed by atoms with Crippen molar-refractivity contribution < 1.29 is 0 Å². The van der Waals surface area contributed by atoms with Crippen LogP contribution >= 0.6 is 11.3 Å². The molecule has 0 unspecified atom stereocenters. The summed E-state index contributed by atoms with van der Waals surface area (Å²) in [5.41, 5.74) is 1.66. The van der Waals surface area contributed by atoms with Crippen LogP contribution in [-0.2, 0) is 0 Å². The number of nitrogens with one attached hydrogen (secondary N) is 1. The minimum atomic E-state index is -0.0267. The van der Waals surface area contributed by atoms with Gasteiger partial charge in [0.05, 0.1) is 0 Å². The number of pyridine rings is 1. The number of hydrogen-bond donors (Lipinski definition) is 1. The lowest BCUT2D eigenvalue weighted by atomic mass is 10.1. The van der Waals surface area contributed by atoms with Crippen molar-refractivity contribution in [3.05, 3.63) is 58.2 Å². The molecule has 78 valence electrons. The van der Waals surface area contributed by atoms with Crippen LogP contribution in [0.1, 0.15) is 0 Å². The van der Waals surface area contributed by atoms with Gasteiger partial charge in [0.2, 0.25) is 0 Å². The molecule has 0 aliphatic rings. The van der Waals surface area contributed by atoms with Crippen molar-refractivity contribution in [2.75, 3.05) is 0 Å². The van der Waals surface area contributed by atoms with Crippen molar-refractivity contribution in [1.29, 1.82) is 0 Å². The topological polar surface area (TPSA) is 32.9 Å². The van der Waals surface area contributed by atoms with Crippen molar-refractivity contribution in [3.8, 4) is 11.1 Å². The van der Waals surface area contributed by atoms with E-state index in [2.05, 4.69) is 4.98 Å². The summed E-state index contributed by atoms with van der Waals surface area (Å²) in [6.07, 6.45) is 0. The number of H-pyrrole nitrogens is 1. The molecule has 0 amide bonds. The zero-order valence-electron chi connectivity index (χ0n) is 8.44. The molecule has 0 atom stereocenters. The Morgan fingerprint density at radius 1 is 1.06 bits per heavy atom. The lowest BCUT2D eigenvalue weighted by Gasteiger charge is -2.00. The molecule has 0 spiro atoms. The molecule has 0 aliphatic carbocycles. The van der Waals surface area contributed by atoms with E-state index in [9.17, 15) is 4.79 Å². The van der Waals surface area contributed by atoms with E-state index in [1.807, 2.05) is 47.8 Å². The maximum atomic E-state index is 11.9. The van der Waals surface area contributed by atoms with Gasteiger partial charge >= 0.3 is 0 Å². The van der Waals surface area contributed by atoms with E-state index in [0.29, 0.717) is 0 Å². The number of thiophene rings is 1. The number of aromatic nitrogens is 1. The van der Waals surface area contributed by atoms with Gasteiger partial charge in [0.1, 0.15) is 4.83 Å². The maximum Gasteiger partial charge on any atom is 0.256 e. The number of benzene rings is 1. The molecule has 1 aromatic carbocycles.